The van der Waals surface area contributed by atoms with Gasteiger partial charge in [0.25, 0.3) is 0 Å². The summed E-state index contributed by atoms with van der Waals surface area (Å²) in [6, 6.07) is 8.41. The molecule has 0 amide bonds. The van der Waals surface area contributed by atoms with E-state index in [9.17, 15) is 0 Å². The summed E-state index contributed by atoms with van der Waals surface area (Å²) in [4.78, 5) is 0. The van der Waals surface area contributed by atoms with Crippen LogP contribution in [0.15, 0.2) is 24.3 Å². The van der Waals surface area contributed by atoms with Gasteiger partial charge in [0.1, 0.15) is 5.75 Å². The number of benzene rings is 1. The average Bonchev–Trinajstić information content (AvgIpc) is 2.34. The summed E-state index contributed by atoms with van der Waals surface area (Å²) in [5.74, 6) is 1.02. The van der Waals surface area contributed by atoms with Gasteiger partial charge in [-0.15, -0.1) is 0 Å². The maximum Gasteiger partial charge on any atom is 0.119 e. The minimum Gasteiger partial charge on any atom is -0.493 e. The van der Waals surface area contributed by atoms with Gasteiger partial charge in [-0.05, 0) is 31.9 Å². The third kappa shape index (κ3) is 4.04. The first-order valence-electron chi connectivity index (χ1n) is 7.37. The molecule has 1 aliphatic rings. The molecule has 2 rings (SSSR count). The first-order valence-corrected chi connectivity index (χ1v) is 7.37. The van der Waals surface area contributed by atoms with E-state index >= 15 is 0 Å². The number of aryl methyl sites for hydroxylation is 1. The zero-order chi connectivity index (χ0) is 12.8. The van der Waals surface area contributed by atoms with Crippen LogP contribution in [-0.2, 0) is 0 Å². The van der Waals surface area contributed by atoms with E-state index in [1.165, 1.54) is 50.5 Å². The van der Waals surface area contributed by atoms with Crippen molar-refractivity contribution in [1.82, 2.24) is 0 Å². The maximum atomic E-state index is 6.00. The van der Waals surface area contributed by atoms with Gasteiger partial charge in [-0.2, -0.15) is 0 Å². The highest BCUT2D eigenvalue weighted by molar-refractivity contribution is 5.26. The zero-order valence-electron chi connectivity index (χ0n) is 11.9. The molecule has 1 saturated carbocycles. The van der Waals surface area contributed by atoms with E-state index in [1.807, 2.05) is 0 Å². The Morgan fingerprint density at radius 3 is 2.11 bits per heavy atom. The second-order valence-corrected chi connectivity index (χ2v) is 6.18. The van der Waals surface area contributed by atoms with Crippen molar-refractivity contribution < 1.29 is 4.74 Å². The Hall–Kier alpha value is -0.980. The Labute approximate surface area is 112 Å². The van der Waals surface area contributed by atoms with E-state index in [1.54, 1.807) is 0 Å². The van der Waals surface area contributed by atoms with Crippen molar-refractivity contribution in [3.63, 3.8) is 0 Å². The molecule has 1 aromatic carbocycles. The van der Waals surface area contributed by atoms with Crippen LogP contribution in [0.25, 0.3) is 0 Å². The first-order chi connectivity index (χ1) is 8.68. The summed E-state index contributed by atoms with van der Waals surface area (Å²) in [5.41, 5.74) is 1.67. The van der Waals surface area contributed by atoms with Gasteiger partial charge < -0.3 is 4.74 Å². The summed E-state index contributed by atoms with van der Waals surface area (Å²) in [6.07, 6.45) is 9.61. The Balaban J connectivity index is 1.88. The second kappa shape index (κ2) is 6.26. The molecule has 0 unspecified atom stereocenters. The lowest BCUT2D eigenvalue weighted by Crippen LogP contribution is -2.26. The normalized spacial score (nSPS) is 19.9. The van der Waals surface area contributed by atoms with Crippen molar-refractivity contribution in [3.8, 4) is 5.75 Å². The van der Waals surface area contributed by atoms with Crippen molar-refractivity contribution in [1.29, 1.82) is 0 Å². The van der Waals surface area contributed by atoms with E-state index in [2.05, 4.69) is 38.1 Å². The highest BCUT2D eigenvalue weighted by Crippen LogP contribution is 2.34. The summed E-state index contributed by atoms with van der Waals surface area (Å²) in [6.45, 7) is 5.38. The molecular weight excluding hydrogens is 220 g/mol. The van der Waals surface area contributed by atoms with Crippen molar-refractivity contribution in [2.24, 2.45) is 5.41 Å². The van der Waals surface area contributed by atoms with Gasteiger partial charge in [-0.3, -0.25) is 0 Å². The van der Waals surface area contributed by atoms with Gasteiger partial charge in [-0.25, -0.2) is 0 Å². The van der Waals surface area contributed by atoms with Crippen LogP contribution in [-0.4, -0.2) is 6.61 Å². The first kappa shape index (κ1) is 13.5. The molecular formula is C17H26O. The minimum atomic E-state index is 0.380. The fourth-order valence-corrected chi connectivity index (χ4v) is 2.80. The summed E-state index contributed by atoms with van der Waals surface area (Å²) < 4.78 is 6.00. The van der Waals surface area contributed by atoms with Crippen LogP contribution in [0, 0.1) is 12.3 Å². The van der Waals surface area contributed by atoms with Gasteiger partial charge in [0, 0.05) is 5.41 Å². The van der Waals surface area contributed by atoms with Crippen LogP contribution >= 0.6 is 0 Å². The molecule has 0 bridgehead atoms. The van der Waals surface area contributed by atoms with E-state index in [-0.39, 0.29) is 0 Å². The molecule has 0 aliphatic heterocycles. The Kier molecular flexibility index (Phi) is 4.68. The molecule has 18 heavy (non-hydrogen) atoms. The van der Waals surface area contributed by atoms with Crippen LogP contribution in [0.4, 0.5) is 0 Å². The van der Waals surface area contributed by atoms with E-state index in [0.717, 1.165) is 12.4 Å². The lowest BCUT2D eigenvalue weighted by Gasteiger charge is -2.31. The molecule has 0 saturated heterocycles. The minimum absolute atomic E-state index is 0.380. The van der Waals surface area contributed by atoms with Crippen molar-refractivity contribution in [2.45, 2.75) is 58.8 Å². The molecule has 100 valence electrons. The molecule has 0 spiro atoms. The summed E-state index contributed by atoms with van der Waals surface area (Å²) >= 11 is 0. The van der Waals surface area contributed by atoms with Gasteiger partial charge in [0.2, 0.25) is 0 Å². The standard InChI is InChI=1S/C17H26O/c1-15-8-10-16(11-9-15)18-14-17(2)12-6-4-3-5-7-13-17/h8-11H,3-7,12-14H2,1-2H3. The largest absolute Gasteiger partial charge is 0.493 e. The molecule has 1 heteroatoms. The van der Waals surface area contributed by atoms with Gasteiger partial charge in [0.05, 0.1) is 6.61 Å². The molecule has 0 aromatic heterocycles. The highest BCUT2D eigenvalue weighted by atomic mass is 16.5. The third-order valence-electron chi connectivity index (χ3n) is 4.17. The molecule has 0 atom stereocenters. The van der Waals surface area contributed by atoms with Crippen LogP contribution in [0.5, 0.6) is 5.75 Å². The van der Waals surface area contributed by atoms with Crippen LogP contribution in [0.1, 0.15) is 57.4 Å². The van der Waals surface area contributed by atoms with E-state index in [0.29, 0.717) is 5.41 Å². The molecule has 0 radical (unpaired) electrons. The van der Waals surface area contributed by atoms with E-state index < -0.39 is 0 Å². The van der Waals surface area contributed by atoms with E-state index in [4.69, 9.17) is 4.74 Å². The number of hydrogen-bond acceptors (Lipinski definition) is 1. The van der Waals surface area contributed by atoms with Gasteiger partial charge >= 0.3 is 0 Å². The third-order valence-corrected chi connectivity index (χ3v) is 4.17. The Morgan fingerprint density at radius 2 is 1.50 bits per heavy atom. The lowest BCUT2D eigenvalue weighted by molar-refractivity contribution is 0.128. The van der Waals surface area contributed by atoms with Crippen LogP contribution < -0.4 is 4.74 Å². The maximum absolute atomic E-state index is 6.00. The highest BCUT2D eigenvalue weighted by Gasteiger charge is 2.25. The van der Waals surface area contributed by atoms with Gasteiger partial charge in [0.15, 0.2) is 0 Å². The fourth-order valence-electron chi connectivity index (χ4n) is 2.80. The van der Waals surface area contributed by atoms with Crippen molar-refractivity contribution >= 4 is 0 Å². The monoisotopic (exact) mass is 246 g/mol. The molecule has 1 aliphatic carbocycles. The topological polar surface area (TPSA) is 9.23 Å². The molecule has 1 fully saturated rings. The lowest BCUT2D eigenvalue weighted by atomic mass is 9.78. The second-order valence-electron chi connectivity index (χ2n) is 6.18. The molecule has 0 N–H and O–H groups in total. The Morgan fingerprint density at radius 1 is 0.944 bits per heavy atom. The number of ether oxygens (including phenoxy) is 1. The Bertz CT molecular complexity index is 344. The summed E-state index contributed by atoms with van der Waals surface area (Å²) in [5, 5.41) is 0. The van der Waals surface area contributed by atoms with Crippen molar-refractivity contribution in [3.05, 3.63) is 29.8 Å². The van der Waals surface area contributed by atoms with Gasteiger partial charge in [-0.1, -0.05) is 56.7 Å². The number of rotatable bonds is 3. The average molecular weight is 246 g/mol. The number of hydrogen-bond donors (Lipinski definition) is 0. The summed E-state index contributed by atoms with van der Waals surface area (Å²) in [7, 11) is 0. The quantitative estimate of drug-likeness (QED) is 0.719. The SMILES string of the molecule is Cc1ccc(OCC2(C)CCCCCCC2)cc1. The molecule has 0 heterocycles. The molecule has 1 nitrogen and oxygen atoms in total. The van der Waals surface area contributed by atoms with Crippen LogP contribution in [0.3, 0.4) is 0 Å². The fraction of sp³-hybridized carbons (Fsp3) is 0.647. The van der Waals surface area contributed by atoms with Crippen LogP contribution in [0.2, 0.25) is 0 Å². The van der Waals surface area contributed by atoms with Crippen molar-refractivity contribution in [2.75, 3.05) is 6.61 Å². The predicted molar refractivity (Wildman–Crippen MR) is 77.1 cm³/mol. The smallest absolute Gasteiger partial charge is 0.119 e. The zero-order valence-corrected chi connectivity index (χ0v) is 11.9. The molecule has 1 aromatic rings. The predicted octanol–water partition coefficient (Wildman–Crippen LogP) is 5.12.